The Kier molecular flexibility index (Phi) is 6.81. The van der Waals surface area contributed by atoms with Gasteiger partial charge in [0.25, 0.3) is 0 Å². The number of nitrogens with zero attached hydrogens (tertiary/aromatic N) is 1. The highest BCUT2D eigenvalue weighted by molar-refractivity contribution is 5.88. The summed E-state index contributed by atoms with van der Waals surface area (Å²) < 4.78 is 9.95. The second kappa shape index (κ2) is 8.38. The van der Waals surface area contributed by atoms with Gasteiger partial charge in [0, 0.05) is 18.7 Å². The smallest absolute Gasteiger partial charge is 0.333 e. The van der Waals surface area contributed by atoms with E-state index in [0.717, 1.165) is 12.3 Å². The molecule has 4 nitrogen and oxygen atoms in total. The molecule has 0 unspecified atom stereocenters. The van der Waals surface area contributed by atoms with Gasteiger partial charge in [0.2, 0.25) is 0 Å². The third-order valence-electron chi connectivity index (χ3n) is 3.06. The first kappa shape index (κ1) is 16.2. The number of carbonyl (C=O) groups is 1. The normalized spacial score (nSPS) is 11.6. The Bertz CT molecular complexity index is 469. The van der Waals surface area contributed by atoms with Gasteiger partial charge < -0.3 is 9.47 Å². The lowest BCUT2D eigenvalue weighted by Gasteiger charge is -2.15. The Hall–Kier alpha value is -1.81. The monoisotopic (exact) mass is 277 g/mol. The Morgan fingerprint density at radius 3 is 2.70 bits per heavy atom. The molecule has 20 heavy (non-hydrogen) atoms. The van der Waals surface area contributed by atoms with Crippen molar-refractivity contribution in [2.45, 2.75) is 19.9 Å². The quantitative estimate of drug-likeness (QED) is 0.567. The summed E-state index contributed by atoms with van der Waals surface area (Å²) in [5.74, 6) is 0.609. The minimum absolute atomic E-state index is 0.248. The molecule has 0 aromatic heterocycles. The van der Waals surface area contributed by atoms with E-state index in [-0.39, 0.29) is 5.97 Å². The standard InChI is InChI=1S/C16H23NO3/c1-5-14(16(18)20-4)9-10-17(2)12-13-7-6-8-15(11-13)19-3/h6-9,11H,5,10,12H2,1-4H3. The van der Waals surface area contributed by atoms with Crippen LogP contribution in [0.5, 0.6) is 5.75 Å². The van der Waals surface area contributed by atoms with Crippen LogP contribution >= 0.6 is 0 Å². The molecule has 0 saturated heterocycles. The molecule has 1 aromatic rings. The van der Waals surface area contributed by atoms with Crippen LogP contribution < -0.4 is 4.74 Å². The molecule has 1 aromatic carbocycles. The number of hydrogen-bond donors (Lipinski definition) is 0. The summed E-state index contributed by atoms with van der Waals surface area (Å²) in [6, 6.07) is 7.98. The van der Waals surface area contributed by atoms with Gasteiger partial charge in [-0.2, -0.15) is 0 Å². The molecule has 0 aliphatic heterocycles. The zero-order valence-electron chi connectivity index (χ0n) is 12.7. The molecule has 1 rings (SSSR count). The van der Waals surface area contributed by atoms with E-state index in [1.165, 1.54) is 12.7 Å². The van der Waals surface area contributed by atoms with Gasteiger partial charge in [-0.25, -0.2) is 4.79 Å². The number of benzene rings is 1. The number of esters is 1. The minimum Gasteiger partial charge on any atom is -0.497 e. The topological polar surface area (TPSA) is 38.8 Å². The fourth-order valence-electron chi connectivity index (χ4n) is 1.92. The van der Waals surface area contributed by atoms with E-state index in [2.05, 4.69) is 11.0 Å². The van der Waals surface area contributed by atoms with Crippen molar-refractivity contribution in [3.63, 3.8) is 0 Å². The number of hydrogen-bond acceptors (Lipinski definition) is 4. The van der Waals surface area contributed by atoms with Crippen LogP contribution in [0.3, 0.4) is 0 Å². The summed E-state index contributed by atoms with van der Waals surface area (Å²) in [4.78, 5) is 13.6. The van der Waals surface area contributed by atoms with Crippen LogP contribution in [-0.2, 0) is 16.1 Å². The molecule has 110 valence electrons. The van der Waals surface area contributed by atoms with Crippen LogP contribution in [0.15, 0.2) is 35.9 Å². The van der Waals surface area contributed by atoms with Gasteiger partial charge in [0.15, 0.2) is 0 Å². The Morgan fingerprint density at radius 2 is 2.10 bits per heavy atom. The molecule has 0 atom stereocenters. The maximum Gasteiger partial charge on any atom is 0.333 e. The number of rotatable bonds is 7. The lowest BCUT2D eigenvalue weighted by atomic mass is 10.1. The maximum atomic E-state index is 11.5. The zero-order chi connectivity index (χ0) is 15.0. The van der Waals surface area contributed by atoms with Gasteiger partial charge in [-0.15, -0.1) is 0 Å². The molecule has 0 fully saturated rings. The summed E-state index contributed by atoms with van der Waals surface area (Å²) >= 11 is 0. The molecule has 0 amide bonds. The highest BCUT2D eigenvalue weighted by atomic mass is 16.5. The lowest BCUT2D eigenvalue weighted by Crippen LogP contribution is -2.19. The molecule has 0 spiro atoms. The zero-order valence-corrected chi connectivity index (χ0v) is 12.7. The Labute approximate surface area is 121 Å². The van der Waals surface area contributed by atoms with Crippen molar-refractivity contribution in [3.8, 4) is 5.75 Å². The van der Waals surface area contributed by atoms with Crippen LogP contribution in [0.4, 0.5) is 0 Å². The van der Waals surface area contributed by atoms with Crippen LogP contribution in [-0.4, -0.2) is 38.7 Å². The van der Waals surface area contributed by atoms with E-state index in [9.17, 15) is 4.79 Å². The largest absolute Gasteiger partial charge is 0.497 e. The van der Waals surface area contributed by atoms with E-state index in [1.54, 1.807) is 7.11 Å². The van der Waals surface area contributed by atoms with E-state index >= 15 is 0 Å². The molecule has 0 aliphatic rings. The van der Waals surface area contributed by atoms with E-state index in [4.69, 9.17) is 9.47 Å². The maximum absolute atomic E-state index is 11.5. The molecule has 0 N–H and O–H groups in total. The Morgan fingerprint density at radius 1 is 1.35 bits per heavy atom. The van der Waals surface area contributed by atoms with E-state index in [0.29, 0.717) is 18.5 Å². The fourth-order valence-corrected chi connectivity index (χ4v) is 1.92. The first-order valence-electron chi connectivity index (χ1n) is 6.69. The van der Waals surface area contributed by atoms with Crippen LogP contribution in [0.1, 0.15) is 18.9 Å². The number of carbonyl (C=O) groups excluding carboxylic acids is 1. The first-order valence-corrected chi connectivity index (χ1v) is 6.69. The number of ether oxygens (including phenoxy) is 2. The second-order valence-corrected chi connectivity index (χ2v) is 4.62. The van der Waals surface area contributed by atoms with Gasteiger partial charge in [0.05, 0.1) is 14.2 Å². The average Bonchev–Trinajstić information content (AvgIpc) is 2.47. The van der Waals surface area contributed by atoms with Gasteiger partial charge in [-0.05, 0) is 31.2 Å². The highest BCUT2D eigenvalue weighted by Gasteiger charge is 2.07. The van der Waals surface area contributed by atoms with Crippen LogP contribution in [0.2, 0.25) is 0 Å². The van der Waals surface area contributed by atoms with E-state index in [1.807, 2.05) is 38.2 Å². The summed E-state index contributed by atoms with van der Waals surface area (Å²) in [6.45, 7) is 3.45. The highest BCUT2D eigenvalue weighted by Crippen LogP contribution is 2.14. The molecule has 0 bridgehead atoms. The first-order chi connectivity index (χ1) is 9.60. The van der Waals surface area contributed by atoms with Crippen molar-refractivity contribution >= 4 is 5.97 Å². The fraction of sp³-hybridized carbons (Fsp3) is 0.438. The average molecular weight is 277 g/mol. The molecular formula is C16H23NO3. The van der Waals surface area contributed by atoms with E-state index < -0.39 is 0 Å². The van der Waals surface area contributed by atoms with Gasteiger partial charge >= 0.3 is 5.97 Å². The van der Waals surface area contributed by atoms with Crippen molar-refractivity contribution in [2.24, 2.45) is 0 Å². The van der Waals surface area contributed by atoms with Gasteiger partial charge in [0.1, 0.15) is 5.75 Å². The van der Waals surface area contributed by atoms with Crippen molar-refractivity contribution in [1.29, 1.82) is 0 Å². The summed E-state index contributed by atoms with van der Waals surface area (Å²) in [6.07, 6.45) is 2.60. The van der Waals surface area contributed by atoms with Crippen LogP contribution in [0, 0.1) is 0 Å². The lowest BCUT2D eigenvalue weighted by molar-refractivity contribution is -0.136. The summed E-state index contributed by atoms with van der Waals surface area (Å²) in [5, 5.41) is 0. The predicted molar refractivity (Wildman–Crippen MR) is 79.7 cm³/mol. The summed E-state index contributed by atoms with van der Waals surface area (Å²) in [7, 11) is 5.09. The Balaban J connectivity index is 2.60. The summed E-state index contributed by atoms with van der Waals surface area (Å²) in [5.41, 5.74) is 1.89. The predicted octanol–water partition coefficient (Wildman–Crippen LogP) is 2.64. The van der Waals surface area contributed by atoms with Crippen molar-refractivity contribution in [3.05, 3.63) is 41.5 Å². The molecule has 4 heteroatoms. The molecule has 0 heterocycles. The SMILES string of the molecule is CCC(=CCN(C)Cc1cccc(OC)c1)C(=O)OC. The third-order valence-corrected chi connectivity index (χ3v) is 3.06. The third kappa shape index (κ3) is 5.05. The molecule has 0 aliphatic carbocycles. The van der Waals surface area contributed by atoms with Crippen LogP contribution in [0.25, 0.3) is 0 Å². The number of likely N-dealkylation sites (N-methyl/N-ethyl adjacent to an activating group) is 1. The second-order valence-electron chi connectivity index (χ2n) is 4.62. The number of methoxy groups -OCH3 is 2. The van der Waals surface area contributed by atoms with Crippen molar-refractivity contribution in [1.82, 2.24) is 4.90 Å². The van der Waals surface area contributed by atoms with Gasteiger partial charge in [-0.3, -0.25) is 4.90 Å². The van der Waals surface area contributed by atoms with Crippen molar-refractivity contribution in [2.75, 3.05) is 27.8 Å². The molecule has 0 saturated carbocycles. The van der Waals surface area contributed by atoms with Gasteiger partial charge in [-0.1, -0.05) is 25.1 Å². The van der Waals surface area contributed by atoms with Crippen molar-refractivity contribution < 1.29 is 14.3 Å². The minimum atomic E-state index is -0.248. The molecular weight excluding hydrogens is 254 g/mol. The molecule has 0 radical (unpaired) electrons.